The standard InChI is InChI=1S/C12H18N2O2.ClH/c1-9-4-3-5-10(6-9)11(15)7-14-12(16)8-13-2;/h3-6,11,13,15H,7-8H2,1-2H3,(H,14,16);1H. The van der Waals surface area contributed by atoms with E-state index >= 15 is 0 Å². The molecule has 3 N–H and O–H groups in total. The molecule has 0 aliphatic rings. The molecule has 0 aromatic heterocycles. The van der Waals surface area contributed by atoms with E-state index < -0.39 is 6.10 Å². The summed E-state index contributed by atoms with van der Waals surface area (Å²) in [6.07, 6.45) is -0.652. The van der Waals surface area contributed by atoms with Crippen molar-refractivity contribution in [3.63, 3.8) is 0 Å². The summed E-state index contributed by atoms with van der Waals surface area (Å²) in [7, 11) is 1.70. The number of carbonyl (C=O) groups is 1. The van der Waals surface area contributed by atoms with Crippen LogP contribution in [0.1, 0.15) is 17.2 Å². The average molecular weight is 259 g/mol. The number of aliphatic hydroxyl groups is 1. The zero-order valence-corrected chi connectivity index (χ0v) is 10.9. The minimum Gasteiger partial charge on any atom is -0.387 e. The van der Waals surface area contributed by atoms with Gasteiger partial charge in [-0.05, 0) is 19.5 Å². The number of rotatable bonds is 5. The first-order valence-corrected chi connectivity index (χ1v) is 5.29. The van der Waals surface area contributed by atoms with E-state index in [1.807, 2.05) is 31.2 Å². The lowest BCUT2D eigenvalue weighted by Crippen LogP contribution is -2.34. The summed E-state index contributed by atoms with van der Waals surface area (Å²) in [6.45, 7) is 2.47. The molecule has 1 unspecified atom stereocenters. The van der Waals surface area contributed by atoms with E-state index in [1.165, 1.54) is 0 Å². The lowest BCUT2D eigenvalue weighted by molar-refractivity contribution is -0.120. The molecule has 0 saturated carbocycles. The number of halogens is 1. The summed E-state index contributed by atoms with van der Waals surface area (Å²) in [6, 6.07) is 7.62. The molecule has 0 fully saturated rings. The van der Waals surface area contributed by atoms with Crippen LogP contribution in [0.2, 0.25) is 0 Å². The Morgan fingerprint density at radius 1 is 1.47 bits per heavy atom. The highest BCUT2D eigenvalue weighted by Crippen LogP contribution is 2.12. The largest absolute Gasteiger partial charge is 0.387 e. The van der Waals surface area contributed by atoms with E-state index in [0.717, 1.165) is 11.1 Å². The normalized spacial score (nSPS) is 11.5. The molecule has 0 saturated heterocycles. The molecule has 1 atom stereocenters. The summed E-state index contributed by atoms with van der Waals surface area (Å²) >= 11 is 0. The Hall–Kier alpha value is -1.10. The van der Waals surface area contributed by atoms with Gasteiger partial charge in [0, 0.05) is 6.54 Å². The van der Waals surface area contributed by atoms with Crippen LogP contribution in [-0.2, 0) is 4.79 Å². The van der Waals surface area contributed by atoms with E-state index in [1.54, 1.807) is 7.05 Å². The summed E-state index contributed by atoms with van der Waals surface area (Å²) in [5.74, 6) is -0.116. The minimum atomic E-state index is -0.652. The lowest BCUT2D eigenvalue weighted by Gasteiger charge is -2.12. The molecule has 0 bridgehead atoms. The fourth-order valence-corrected chi connectivity index (χ4v) is 1.43. The average Bonchev–Trinajstić information content (AvgIpc) is 2.26. The first kappa shape index (κ1) is 15.9. The molecule has 1 aromatic carbocycles. The number of hydrogen-bond donors (Lipinski definition) is 3. The molecule has 4 nitrogen and oxygen atoms in total. The highest BCUT2D eigenvalue weighted by molar-refractivity contribution is 5.85. The zero-order valence-electron chi connectivity index (χ0n) is 10.1. The lowest BCUT2D eigenvalue weighted by atomic mass is 10.1. The van der Waals surface area contributed by atoms with Gasteiger partial charge < -0.3 is 15.7 Å². The number of aryl methyl sites for hydroxylation is 1. The maximum Gasteiger partial charge on any atom is 0.234 e. The molecule has 0 aliphatic carbocycles. The number of amides is 1. The van der Waals surface area contributed by atoms with Crippen molar-refractivity contribution >= 4 is 18.3 Å². The third kappa shape index (κ3) is 5.68. The minimum absolute atomic E-state index is 0. The van der Waals surface area contributed by atoms with Gasteiger partial charge in [0.25, 0.3) is 0 Å². The Labute approximate surface area is 108 Å². The molecule has 0 spiro atoms. The first-order valence-electron chi connectivity index (χ1n) is 5.29. The smallest absolute Gasteiger partial charge is 0.234 e. The van der Waals surface area contributed by atoms with Crippen molar-refractivity contribution in [1.29, 1.82) is 0 Å². The number of nitrogens with one attached hydrogen (secondary N) is 2. The van der Waals surface area contributed by atoms with E-state index in [-0.39, 0.29) is 31.4 Å². The van der Waals surface area contributed by atoms with Crippen molar-refractivity contribution in [1.82, 2.24) is 10.6 Å². The van der Waals surface area contributed by atoms with Crippen molar-refractivity contribution in [2.75, 3.05) is 20.1 Å². The number of benzene rings is 1. The van der Waals surface area contributed by atoms with Crippen LogP contribution in [0.5, 0.6) is 0 Å². The predicted molar refractivity (Wildman–Crippen MR) is 70.3 cm³/mol. The summed E-state index contributed by atoms with van der Waals surface area (Å²) in [5.41, 5.74) is 1.92. The summed E-state index contributed by atoms with van der Waals surface area (Å²) < 4.78 is 0. The number of aliphatic hydroxyl groups excluding tert-OH is 1. The second-order valence-electron chi connectivity index (χ2n) is 3.76. The van der Waals surface area contributed by atoms with Gasteiger partial charge in [-0.25, -0.2) is 0 Å². The topological polar surface area (TPSA) is 61.4 Å². The molecule has 0 aliphatic heterocycles. The van der Waals surface area contributed by atoms with Crippen LogP contribution >= 0.6 is 12.4 Å². The van der Waals surface area contributed by atoms with Crippen molar-refractivity contribution in [3.05, 3.63) is 35.4 Å². The van der Waals surface area contributed by atoms with Gasteiger partial charge in [0.15, 0.2) is 0 Å². The van der Waals surface area contributed by atoms with E-state index in [2.05, 4.69) is 10.6 Å². The van der Waals surface area contributed by atoms with Crippen LogP contribution in [0.25, 0.3) is 0 Å². The SMILES string of the molecule is CNCC(=O)NCC(O)c1cccc(C)c1.Cl. The molecular weight excluding hydrogens is 240 g/mol. The highest BCUT2D eigenvalue weighted by atomic mass is 35.5. The number of hydrogen-bond acceptors (Lipinski definition) is 3. The van der Waals surface area contributed by atoms with Crippen LogP contribution in [0, 0.1) is 6.92 Å². The molecule has 96 valence electrons. The Bertz CT molecular complexity index is 358. The van der Waals surface area contributed by atoms with Crippen molar-refractivity contribution in [3.8, 4) is 0 Å². The van der Waals surface area contributed by atoms with E-state index in [0.29, 0.717) is 0 Å². The third-order valence-electron chi connectivity index (χ3n) is 2.26. The molecular formula is C12H19ClN2O2. The van der Waals surface area contributed by atoms with Crippen molar-refractivity contribution < 1.29 is 9.90 Å². The zero-order chi connectivity index (χ0) is 12.0. The fourth-order valence-electron chi connectivity index (χ4n) is 1.43. The Kier molecular flexibility index (Phi) is 7.54. The fraction of sp³-hybridized carbons (Fsp3) is 0.417. The van der Waals surface area contributed by atoms with Gasteiger partial charge in [-0.3, -0.25) is 4.79 Å². The summed E-state index contributed by atoms with van der Waals surface area (Å²) in [4.78, 5) is 11.2. The van der Waals surface area contributed by atoms with Gasteiger partial charge in [-0.15, -0.1) is 12.4 Å². The quantitative estimate of drug-likeness (QED) is 0.732. The second kappa shape index (κ2) is 8.06. The van der Waals surface area contributed by atoms with Crippen molar-refractivity contribution in [2.45, 2.75) is 13.0 Å². The van der Waals surface area contributed by atoms with Gasteiger partial charge in [0.1, 0.15) is 0 Å². The van der Waals surface area contributed by atoms with Gasteiger partial charge in [0.2, 0.25) is 5.91 Å². The molecule has 1 amide bonds. The molecule has 1 aromatic rings. The van der Waals surface area contributed by atoms with E-state index in [4.69, 9.17) is 0 Å². The van der Waals surface area contributed by atoms with Crippen LogP contribution in [-0.4, -0.2) is 31.2 Å². The van der Waals surface area contributed by atoms with Gasteiger partial charge >= 0.3 is 0 Å². The van der Waals surface area contributed by atoms with Crippen LogP contribution in [0.15, 0.2) is 24.3 Å². The van der Waals surface area contributed by atoms with Gasteiger partial charge in [0.05, 0.1) is 12.6 Å². The Balaban J connectivity index is 0.00000256. The maximum atomic E-state index is 11.2. The molecule has 1 rings (SSSR count). The second-order valence-corrected chi connectivity index (χ2v) is 3.76. The predicted octanol–water partition coefficient (Wildman–Crippen LogP) is 0.786. The van der Waals surface area contributed by atoms with Gasteiger partial charge in [-0.2, -0.15) is 0 Å². The summed E-state index contributed by atoms with van der Waals surface area (Å²) in [5, 5.41) is 15.2. The highest BCUT2D eigenvalue weighted by Gasteiger charge is 2.08. The molecule has 0 heterocycles. The molecule has 5 heteroatoms. The van der Waals surface area contributed by atoms with Crippen LogP contribution < -0.4 is 10.6 Å². The van der Waals surface area contributed by atoms with Crippen LogP contribution in [0.4, 0.5) is 0 Å². The third-order valence-corrected chi connectivity index (χ3v) is 2.26. The Morgan fingerprint density at radius 3 is 2.76 bits per heavy atom. The maximum absolute atomic E-state index is 11.2. The monoisotopic (exact) mass is 258 g/mol. The molecule has 0 radical (unpaired) electrons. The number of likely N-dealkylation sites (N-methyl/N-ethyl adjacent to an activating group) is 1. The van der Waals surface area contributed by atoms with Crippen molar-refractivity contribution in [2.24, 2.45) is 0 Å². The first-order chi connectivity index (χ1) is 7.63. The van der Waals surface area contributed by atoms with Crippen LogP contribution in [0.3, 0.4) is 0 Å². The van der Waals surface area contributed by atoms with E-state index in [9.17, 15) is 9.90 Å². The van der Waals surface area contributed by atoms with Gasteiger partial charge in [-0.1, -0.05) is 29.8 Å². The molecule has 17 heavy (non-hydrogen) atoms. The Morgan fingerprint density at radius 2 is 2.18 bits per heavy atom. The number of carbonyl (C=O) groups excluding carboxylic acids is 1.